The van der Waals surface area contributed by atoms with Gasteiger partial charge in [-0.2, -0.15) is 0 Å². The van der Waals surface area contributed by atoms with E-state index in [0.717, 1.165) is 12.1 Å². The summed E-state index contributed by atoms with van der Waals surface area (Å²) in [6.45, 7) is 3.56. The van der Waals surface area contributed by atoms with E-state index in [1.165, 1.54) is 11.0 Å². The smallest absolute Gasteiger partial charge is 0.239 e. The number of rotatable bonds is 4. The van der Waals surface area contributed by atoms with Crippen molar-refractivity contribution in [3.8, 4) is 0 Å². The minimum Gasteiger partial charge on any atom is -0.338 e. The van der Waals surface area contributed by atoms with Crippen LogP contribution in [0.2, 0.25) is 0 Å². The summed E-state index contributed by atoms with van der Waals surface area (Å²) in [6, 6.07) is 2.69. The third kappa shape index (κ3) is 4.14. The van der Waals surface area contributed by atoms with Crippen molar-refractivity contribution in [1.29, 1.82) is 0 Å². The highest BCUT2D eigenvalue weighted by Crippen LogP contribution is 2.21. The number of halogens is 3. The van der Waals surface area contributed by atoms with Crippen molar-refractivity contribution in [1.82, 2.24) is 4.90 Å². The fraction of sp³-hybridized carbons (Fsp3) is 0.462. The lowest BCUT2D eigenvalue weighted by Crippen LogP contribution is -2.42. The Bertz CT molecular complexity index is 443. The molecule has 0 aliphatic heterocycles. The van der Waals surface area contributed by atoms with Crippen LogP contribution in [0, 0.1) is 11.6 Å². The zero-order chi connectivity index (χ0) is 13.9. The molecule has 0 saturated heterocycles. The van der Waals surface area contributed by atoms with Crippen LogP contribution in [-0.2, 0) is 4.79 Å². The van der Waals surface area contributed by atoms with Crippen LogP contribution in [0.5, 0.6) is 0 Å². The minimum absolute atomic E-state index is 0. The first kappa shape index (κ1) is 17.8. The summed E-state index contributed by atoms with van der Waals surface area (Å²) in [5.41, 5.74) is 6.20. The molecule has 2 N–H and O–H groups in total. The van der Waals surface area contributed by atoms with Crippen LogP contribution < -0.4 is 5.73 Å². The van der Waals surface area contributed by atoms with Crippen molar-refractivity contribution in [2.24, 2.45) is 5.73 Å². The average molecular weight is 293 g/mol. The van der Waals surface area contributed by atoms with E-state index in [1.807, 2.05) is 6.92 Å². The van der Waals surface area contributed by atoms with Gasteiger partial charge in [0.2, 0.25) is 5.91 Å². The number of carbonyl (C=O) groups excluding carboxylic acids is 1. The molecule has 19 heavy (non-hydrogen) atoms. The highest BCUT2D eigenvalue weighted by molar-refractivity contribution is 5.85. The quantitative estimate of drug-likeness (QED) is 0.927. The van der Waals surface area contributed by atoms with Gasteiger partial charge in [0.25, 0.3) is 0 Å². The van der Waals surface area contributed by atoms with Gasteiger partial charge in [-0.3, -0.25) is 4.79 Å². The van der Waals surface area contributed by atoms with Gasteiger partial charge in [0, 0.05) is 7.05 Å². The van der Waals surface area contributed by atoms with E-state index < -0.39 is 17.7 Å². The number of nitrogens with two attached hydrogens (primary N) is 1. The molecule has 1 rings (SSSR count). The minimum atomic E-state index is -0.917. The number of hydrogen-bond acceptors (Lipinski definition) is 2. The summed E-state index contributed by atoms with van der Waals surface area (Å²) in [5.74, 6) is -2.03. The van der Waals surface area contributed by atoms with Crippen molar-refractivity contribution in [2.45, 2.75) is 32.4 Å². The Morgan fingerprint density at radius 1 is 1.37 bits per heavy atom. The zero-order valence-corrected chi connectivity index (χ0v) is 12.0. The predicted octanol–water partition coefficient (Wildman–Crippen LogP) is 2.64. The second kappa shape index (κ2) is 7.40. The van der Waals surface area contributed by atoms with E-state index in [9.17, 15) is 13.6 Å². The maximum absolute atomic E-state index is 13.1. The largest absolute Gasteiger partial charge is 0.338 e. The SMILES string of the molecule is CC[C@H](N)C(=O)N(C)C(C)c1ccc(F)c(F)c1.Cl. The fourth-order valence-corrected chi connectivity index (χ4v) is 1.62. The molecule has 0 saturated carbocycles. The van der Waals surface area contributed by atoms with E-state index in [1.54, 1.807) is 14.0 Å². The van der Waals surface area contributed by atoms with Gasteiger partial charge in [0.15, 0.2) is 11.6 Å². The molecular weight excluding hydrogens is 274 g/mol. The van der Waals surface area contributed by atoms with E-state index in [4.69, 9.17) is 5.73 Å². The second-order valence-electron chi connectivity index (χ2n) is 4.31. The first-order valence-electron chi connectivity index (χ1n) is 5.85. The Hall–Kier alpha value is -1.20. The number of benzene rings is 1. The molecular formula is C13H19ClF2N2O. The van der Waals surface area contributed by atoms with Crippen molar-refractivity contribution >= 4 is 18.3 Å². The monoisotopic (exact) mass is 292 g/mol. The van der Waals surface area contributed by atoms with Gasteiger partial charge < -0.3 is 10.6 Å². The van der Waals surface area contributed by atoms with E-state index >= 15 is 0 Å². The van der Waals surface area contributed by atoms with Gasteiger partial charge >= 0.3 is 0 Å². The Labute approximate surface area is 118 Å². The topological polar surface area (TPSA) is 46.3 Å². The maximum atomic E-state index is 13.1. The van der Waals surface area contributed by atoms with Gasteiger partial charge in [0.05, 0.1) is 12.1 Å². The third-order valence-corrected chi connectivity index (χ3v) is 3.11. The van der Waals surface area contributed by atoms with Crippen LogP contribution in [0.25, 0.3) is 0 Å². The van der Waals surface area contributed by atoms with Crippen LogP contribution in [-0.4, -0.2) is 23.9 Å². The zero-order valence-electron chi connectivity index (χ0n) is 11.2. The van der Waals surface area contributed by atoms with Crippen LogP contribution in [0.3, 0.4) is 0 Å². The first-order chi connectivity index (χ1) is 8.38. The fourth-order valence-electron chi connectivity index (χ4n) is 1.62. The number of likely N-dealkylation sites (N-methyl/N-ethyl adjacent to an activating group) is 1. The Morgan fingerprint density at radius 3 is 2.42 bits per heavy atom. The summed E-state index contributed by atoms with van der Waals surface area (Å²) in [6.07, 6.45) is 0.535. The Kier molecular flexibility index (Phi) is 6.94. The molecule has 1 aromatic rings. The molecule has 1 unspecified atom stereocenters. The molecule has 0 radical (unpaired) electrons. The highest BCUT2D eigenvalue weighted by Gasteiger charge is 2.22. The van der Waals surface area contributed by atoms with E-state index in [-0.39, 0.29) is 24.4 Å². The van der Waals surface area contributed by atoms with Crippen molar-refractivity contribution in [2.75, 3.05) is 7.05 Å². The summed E-state index contributed by atoms with van der Waals surface area (Å²) in [5, 5.41) is 0. The molecule has 0 spiro atoms. The van der Waals surface area contributed by atoms with Crippen molar-refractivity contribution in [3.05, 3.63) is 35.4 Å². The highest BCUT2D eigenvalue weighted by atomic mass is 35.5. The molecule has 0 bridgehead atoms. The molecule has 1 aromatic carbocycles. The lowest BCUT2D eigenvalue weighted by Gasteiger charge is -2.27. The molecule has 108 valence electrons. The van der Waals surface area contributed by atoms with Crippen LogP contribution in [0.1, 0.15) is 31.9 Å². The normalized spacial score (nSPS) is 13.4. The lowest BCUT2D eigenvalue weighted by atomic mass is 10.1. The predicted molar refractivity (Wildman–Crippen MR) is 73.1 cm³/mol. The standard InChI is InChI=1S/C13H18F2N2O.ClH/c1-4-12(16)13(18)17(3)8(2)9-5-6-10(14)11(15)7-9;/h5-8,12H,4,16H2,1-3H3;1H/t8?,12-;/m0./s1. The van der Waals surface area contributed by atoms with E-state index in [2.05, 4.69) is 0 Å². The Balaban J connectivity index is 0.00000324. The number of carbonyl (C=O) groups is 1. The molecule has 1 amide bonds. The van der Waals surface area contributed by atoms with Crippen molar-refractivity contribution < 1.29 is 13.6 Å². The molecule has 3 nitrogen and oxygen atoms in total. The van der Waals surface area contributed by atoms with Crippen LogP contribution in [0.4, 0.5) is 8.78 Å². The van der Waals surface area contributed by atoms with Gasteiger partial charge in [-0.25, -0.2) is 8.78 Å². The van der Waals surface area contributed by atoms with Crippen LogP contribution >= 0.6 is 12.4 Å². The average Bonchev–Trinajstić information content (AvgIpc) is 2.38. The van der Waals surface area contributed by atoms with E-state index in [0.29, 0.717) is 12.0 Å². The van der Waals surface area contributed by atoms with Gasteiger partial charge in [0.1, 0.15) is 0 Å². The lowest BCUT2D eigenvalue weighted by molar-refractivity contribution is -0.133. The molecule has 0 fully saturated rings. The molecule has 0 aromatic heterocycles. The maximum Gasteiger partial charge on any atom is 0.239 e. The molecule has 6 heteroatoms. The number of hydrogen-bond donors (Lipinski definition) is 1. The number of nitrogens with zero attached hydrogens (tertiary/aromatic N) is 1. The van der Waals surface area contributed by atoms with Crippen LogP contribution in [0.15, 0.2) is 18.2 Å². The second-order valence-corrected chi connectivity index (χ2v) is 4.31. The Morgan fingerprint density at radius 2 is 1.95 bits per heavy atom. The molecule has 0 heterocycles. The third-order valence-electron chi connectivity index (χ3n) is 3.11. The molecule has 0 aliphatic carbocycles. The van der Waals surface area contributed by atoms with Gasteiger partial charge in [-0.05, 0) is 31.0 Å². The summed E-state index contributed by atoms with van der Waals surface area (Å²) in [4.78, 5) is 13.3. The van der Waals surface area contributed by atoms with Gasteiger partial charge in [-0.1, -0.05) is 13.0 Å². The summed E-state index contributed by atoms with van der Waals surface area (Å²) >= 11 is 0. The first-order valence-corrected chi connectivity index (χ1v) is 5.85. The van der Waals surface area contributed by atoms with Crippen molar-refractivity contribution in [3.63, 3.8) is 0 Å². The van der Waals surface area contributed by atoms with Gasteiger partial charge in [-0.15, -0.1) is 12.4 Å². The molecule has 0 aliphatic rings. The molecule has 2 atom stereocenters. The summed E-state index contributed by atoms with van der Waals surface area (Å²) in [7, 11) is 1.60. The summed E-state index contributed by atoms with van der Waals surface area (Å²) < 4.78 is 26.0. The number of amides is 1.